The van der Waals surface area contributed by atoms with Crippen LogP contribution in [0.2, 0.25) is 0 Å². The molecule has 0 aliphatic rings. The number of pyridine rings is 1. The first-order valence-corrected chi connectivity index (χ1v) is 5.43. The van der Waals surface area contributed by atoms with E-state index >= 15 is 0 Å². The number of halogens is 3. The van der Waals surface area contributed by atoms with Gasteiger partial charge in [0.05, 0.1) is 5.56 Å². The fraction of sp³-hybridized carbons (Fsp3) is 0.400. The number of aromatic nitrogens is 1. The Kier molecular flexibility index (Phi) is 9.71. The molecule has 0 saturated carbocycles. The van der Waals surface area contributed by atoms with E-state index in [2.05, 4.69) is 20.9 Å². The zero-order valence-electron chi connectivity index (χ0n) is 9.59. The van der Waals surface area contributed by atoms with Crippen LogP contribution < -0.4 is 5.73 Å². The van der Waals surface area contributed by atoms with Gasteiger partial charge in [0, 0.05) is 36.5 Å². The second-order valence-electron chi connectivity index (χ2n) is 3.39. The molecule has 98 valence electrons. The van der Waals surface area contributed by atoms with Crippen molar-refractivity contribution in [1.82, 2.24) is 9.88 Å². The second kappa shape index (κ2) is 8.69. The highest BCUT2D eigenvalue weighted by Gasteiger charge is 2.16. The molecule has 1 atom stereocenters. The minimum absolute atomic E-state index is 0. The van der Waals surface area contributed by atoms with Gasteiger partial charge in [-0.1, -0.05) is 0 Å². The molecule has 7 heteroatoms. The fourth-order valence-corrected chi connectivity index (χ4v) is 1.46. The number of likely N-dealkylation sites (N-methyl/N-ethyl adjacent to an activating group) is 1. The van der Waals surface area contributed by atoms with Gasteiger partial charge in [0.15, 0.2) is 0 Å². The molecule has 0 aromatic carbocycles. The van der Waals surface area contributed by atoms with Crippen molar-refractivity contribution in [3.63, 3.8) is 0 Å². The van der Waals surface area contributed by atoms with Crippen LogP contribution in [0.25, 0.3) is 0 Å². The lowest BCUT2D eigenvalue weighted by atomic mass is 10.2. The molecule has 0 fully saturated rings. The minimum atomic E-state index is -0.0678. The topological polar surface area (TPSA) is 59.2 Å². The number of nitrogens with two attached hydrogens (primary N) is 1. The van der Waals surface area contributed by atoms with Crippen LogP contribution in [0.4, 0.5) is 0 Å². The molecule has 1 amide bonds. The van der Waals surface area contributed by atoms with Gasteiger partial charge in [0.1, 0.15) is 0 Å². The summed E-state index contributed by atoms with van der Waals surface area (Å²) in [6.45, 7) is 2.35. The number of carbonyl (C=O) groups is 1. The van der Waals surface area contributed by atoms with E-state index in [9.17, 15) is 4.79 Å². The first-order valence-electron chi connectivity index (χ1n) is 4.64. The molecule has 0 aliphatic heterocycles. The quantitative estimate of drug-likeness (QED) is 0.913. The standard InChI is InChI=1S/C10H14BrN3O.2ClH/c1-7(4-12)14(2)10(15)8-3-9(11)6-13-5-8;;/h3,5-7H,4,12H2,1-2H3;2*1H. The summed E-state index contributed by atoms with van der Waals surface area (Å²) in [7, 11) is 1.74. The van der Waals surface area contributed by atoms with Gasteiger partial charge >= 0.3 is 0 Å². The number of hydrogen-bond acceptors (Lipinski definition) is 3. The van der Waals surface area contributed by atoms with E-state index in [1.807, 2.05) is 6.92 Å². The Labute approximate surface area is 122 Å². The Morgan fingerprint density at radius 3 is 2.59 bits per heavy atom. The van der Waals surface area contributed by atoms with E-state index in [1.165, 1.54) is 0 Å². The molecule has 1 aromatic rings. The fourth-order valence-electron chi connectivity index (χ4n) is 1.09. The molecule has 17 heavy (non-hydrogen) atoms. The van der Waals surface area contributed by atoms with Gasteiger partial charge in [0.2, 0.25) is 0 Å². The van der Waals surface area contributed by atoms with Crippen LogP contribution in [-0.4, -0.2) is 35.4 Å². The van der Waals surface area contributed by atoms with Crippen molar-refractivity contribution in [1.29, 1.82) is 0 Å². The van der Waals surface area contributed by atoms with Crippen molar-refractivity contribution in [3.8, 4) is 0 Å². The van der Waals surface area contributed by atoms with Crippen LogP contribution in [0.3, 0.4) is 0 Å². The molecule has 0 aliphatic carbocycles. The number of amides is 1. The molecule has 1 aromatic heterocycles. The van der Waals surface area contributed by atoms with E-state index < -0.39 is 0 Å². The lowest BCUT2D eigenvalue weighted by Crippen LogP contribution is -2.39. The van der Waals surface area contributed by atoms with Crippen molar-refractivity contribution in [2.45, 2.75) is 13.0 Å². The Morgan fingerprint density at radius 2 is 2.12 bits per heavy atom. The smallest absolute Gasteiger partial charge is 0.255 e. The molecule has 1 rings (SSSR count). The lowest BCUT2D eigenvalue weighted by molar-refractivity contribution is 0.0748. The molecular formula is C10H16BrCl2N3O. The van der Waals surface area contributed by atoms with Gasteiger partial charge < -0.3 is 10.6 Å². The van der Waals surface area contributed by atoms with E-state index in [-0.39, 0.29) is 36.8 Å². The predicted octanol–water partition coefficient (Wildman–Crippen LogP) is 2.11. The van der Waals surface area contributed by atoms with E-state index in [4.69, 9.17) is 5.73 Å². The Hall–Kier alpha value is -0.360. The van der Waals surface area contributed by atoms with Crippen molar-refractivity contribution in [3.05, 3.63) is 28.5 Å². The third-order valence-corrected chi connectivity index (χ3v) is 2.71. The molecule has 1 heterocycles. The van der Waals surface area contributed by atoms with Crippen LogP contribution in [0.1, 0.15) is 17.3 Å². The van der Waals surface area contributed by atoms with Gasteiger partial charge in [-0.25, -0.2) is 0 Å². The number of rotatable bonds is 3. The SMILES string of the molecule is CC(CN)N(C)C(=O)c1cncc(Br)c1.Cl.Cl. The predicted molar refractivity (Wildman–Crippen MR) is 77.0 cm³/mol. The van der Waals surface area contributed by atoms with Crippen molar-refractivity contribution in [2.75, 3.05) is 13.6 Å². The normalized spacial score (nSPS) is 10.8. The number of nitrogens with zero attached hydrogens (tertiary/aromatic N) is 2. The summed E-state index contributed by atoms with van der Waals surface area (Å²) >= 11 is 3.28. The van der Waals surface area contributed by atoms with Crippen molar-refractivity contribution in [2.24, 2.45) is 5.73 Å². The van der Waals surface area contributed by atoms with Gasteiger partial charge in [-0.3, -0.25) is 9.78 Å². The Morgan fingerprint density at radius 1 is 1.53 bits per heavy atom. The average molecular weight is 345 g/mol. The molecule has 0 radical (unpaired) electrons. The largest absolute Gasteiger partial charge is 0.338 e. The zero-order valence-corrected chi connectivity index (χ0v) is 12.8. The summed E-state index contributed by atoms with van der Waals surface area (Å²) in [4.78, 5) is 17.5. The van der Waals surface area contributed by atoms with Crippen LogP contribution in [0.15, 0.2) is 22.9 Å². The van der Waals surface area contributed by atoms with E-state index in [0.29, 0.717) is 12.1 Å². The van der Waals surface area contributed by atoms with Crippen LogP contribution in [0.5, 0.6) is 0 Å². The summed E-state index contributed by atoms with van der Waals surface area (Å²) in [6.07, 6.45) is 3.19. The van der Waals surface area contributed by atoms with E-state index in [0.717, 1.165) is 4.47 Å². The monoisotopic (exact) mass is 343 g/mol. The maximum absolute atomic E-state index is 11.9. The highest BCUT2D eigenvalue weighted by Crippen LogP contribution is 2.12. The lowest BCUT2D eigenvalue weighted by Gasteiger charge is -2.23. The Bertz CT molecular complexity index is 365. The van der Waals surface area contributed by atoms with E-state index in [1.54, 1.807) is 30.4 Å². The third-order valence-electron chi connectivity index (χ3n) is 2.27. The van der Waals surface area contributed by atoms with Gasteiger partial charge in [-0.2, -0.15) is 0 Å². The zero-order chi connectivity index (χ0) is 11.4. The van der Waals surface area contributed by atoms with Crippen LogP contribution in [0, 0.1) is 0 Å². The van der Waals surface area contributed by atoms with Crippen LogP contribution in [-0.2, 0) is 0 Å². The summed E-state index contributed by atoms with van der Waals surface area (Å²) in [5, 5.41) is 0. The molecule has 0 bridgehead atoms. The maximum atomic E-state index is 11.9. The highest BCUT2D eigenvalue weighted by molar-refractivity contribution is 9.10. The summed E-state index contributed by atoms with van der Waals surface area (Å²) in [5.41, 5.74) is 6.06. The number of hydrogen-bond donors (Lipinski definition) is 1. The van der Waals surface area contributed by atoms with Crippen LogP contribution >= 0.6 is 40.7 Å². The van der Waals surface area contributed by atoms with Crippen molar-refractivity contribution < 1.29 is 4.79 Å². The average Bonchev–Trinajstić information content (AvgIpc) is 2.26. The molecular weight excluding hydrogens is 329 g/mol. The molecule has 1 unspecified atom stereocenters. The molecule has 0 spiro atoms. The van der Waals surface area contributed by atoms with Gasteiger partial charge in [-0.15, -0.1) is 24.8 Å². The van der Waals surface area contributed by atoms with Crippen molar-refractivity contribution >= 4 is 46.7 Å². The molecule has 2 N–H and O–H groups in total. The maximum Gasteiger partial charge on any atom is 0.255 e. The summed E-state index contributed by atoms with van der Waals surface area (Å²) in [5.74, 6) is -0.0678. The highest BCUT2D eigenvalue weighted by atomic mass is 79.9. The minimum Gasteiger partial charge on any atom is -0.338 e. The third kappa shape index (κ3) is 5.21. The second-order valence-corrected chi connectivity index (χ2v) is 4.31. The first-order chi connectivity index (χ1) is 7.06. The molecule has 0 saturated heterocycles. The molecule has 4 nitrogen and oxygen atoms in total. The number of carbonyl (C=O) groups excluding carboxylic acids is 1. The summed E-state index contributed by atoms with van der Waals surface area (Å²) < 4.78 is 0.794. The summed E-state index contributed by atoms with van der Waals surface area (Å²) in [6, 6.07) is 1.77. The van der Waals surface area contributed by atoms with Gasteiger partial charge in [0.25, 0.3) is 5.91 Å². The first kappa shape index (κ1) is 19.0. The Balaban J connectivity index is 0. The van der Waals surface area contributed by atoms with Gasteiger partial charge in [-0.05, 0) is 28.9 Å².